The van der Waals surface area contributed by atoms with Crippen LogP contribution in [0.25, 0.3) is 116 Å². The minimum atomic E-state index is 0.587. The molecule has 0 radical (unpaired) electrons. The van der Waals surface area contributed by atoms with E-state index in [9.17, 15) is 0 Å². The average molecular weight is 741 g/mol. The minimum Gasteiger partial charge on any atom is -0.454 e. The minimum absolute atomic E-state index is 0.587. The van der Waals surface area contributed by atoms with Crippen molar-refractivity contribution in [2.75, 3.05) is 0 Å². The van der Waals surface area contributed by atoms with Crippen LogP contribution >= 0.6 is 0 Å². The number of para-hydroxylation sites is 2. The van der Waals surface area contributed by atoms with Gasteiger partial charge in [0, 0.05) is 38.2 Å². The number of furan rings is 1. The van der Waals surface area contributed by atoms with Crippen LogP contribution in [0.1, 0.15) is 0 Å². The molecule has 58 heavy (non-hydrogen) atoms. The van der Waals surface area contributed by atoms with Crippen LogP contribution in [0.2, 0.25) is 0 Å². The number of hydrogen-bond donors (Lipinski definition) is 0. The molecule has 0 amide bonds. The molecule has 3 aromatic heterocycles. The second-order valence-electron chi connectivity index (χ2n) is 14.8. The second kappa shape index (κ2) is 12.8. The van der Waals surface area contributed by atoms with Gasteiger partial charge in [-0.3, -0.25) is 0 Å². The Morgan fingerprint density at radius 3 is 1.69 bits per heavy atom. The van der Waals surface area contributed by atoms with Gasteiger partial charge in [-0.15, -0.1) is 0 Å². The van der Waals surface area contributed by atoms with E-state index in [4.69, 9.17) is 19.4 Å². The third-order valence-electron chi connectivity index (χ3n) is 11.4. The van der Waals surface area contributed by atoms with Gasteiger partial charge in [-0.1, -0.05) is 158 Å². The molecule has 5 heteroatoms. The van der Waals surface area contributed by atoms with Crippen molar-refractivity contribution in [2.45, 2.75) is 0 Å². The van der Waals surface area contributed by atoms with Gasteiger partial charge >= 0.3 is 0 Å². The van der Waals surface area contributed by atoms with Crippen molar-refractivity contribution >= 4 is 65.3 Å². The molecule has 0 N–H and O–H groups in total. The lowest BCUT2D eigenvalue weighted by Gasteiger charge is -2.11. The summed E-state index contributed by atoms with van der Waals surface area (Å²) in [5.41, 5.74) is 9.86. The molecule has 0 unspecified atom stereocenters. The summed E-state index contributed by atoms with van der Waals surface area (Å²) in [4.78, 5) is 15.6. The molecule has 5 nitrogen and oxygen atoms in total. The zero-order valence-electron chi connectivity index (χ0n) is 31.2. The van der Waals surface area contributed by atoms with E-state index in [1.807, 2.05) is 12.1 Å². The second-order valence-corrected chi connectivity index (χ2v) is 14.8. The normalized spacial score (nSPS) is 11.8. The number of aromatic nitrogens is 4. The summed E-state index contributed by atoms with van der Waals surface area (Å²) < 4.78 is 9.26. The zero-order valence-corrected chi connectivity index (χ0v) is 31.2. The first-order chi connectivity index (χ1) is 28.7. The van der Waals surface area contributed by atoms with Crippen LogP contribution in [-0.2, 0) is 0 Å². The van der Waals surface area contributed by atoms with E-state index in [2.05, 4.69) is 187 Å². The van der Waals surface area contributed by atoms with Gasteiger partial charge in [0.25, 0.3) is 0 Å². The van der Waals surface area contributed by atoms with Crippen molar-refractivity contribution in [3.63, 3.8) is 0 Å². The van der Waals surface area contributed by atoms with Crippen molar-refractivity contribution in [1.29, 1.82) is 0 Å². The third-order valence-corrected chi connectivity index (χ3v) is 11.4. The van der Waals surface area contributed by atoms with Crippen LogP contribution < -0.4 is 0 Å². The number of hydrogen-bond acceptors (Lipinski definition) is 4. The van der Waals surface area contributed by atoms with E-state index in [1.54, 1.807) is 0 Å². The summed E-state index contributed by atoms with van der Waals surface area (Å²) in [6, 6.07) is 68.0. The predicted molar refractivity (Wildman–Crippen MR) is 238 cm³/mol. The molecule has 270 valence electrons. The lowest BCUT2D eigenvalue weighted by atomic mass is 10.0. The predicted octanol–water partition coefficient (Wildman–Crippen LogP) is 13.8. The Balaban J connectivity index is 1.09. The summed E-state index contributed by atoms with van der Waals surface area (Å²) >= 11 is 0. The van der Waals surface area contributed by atoms with Gasteiger partial charge in [0.15, 0.2) is 23.1 Å². The molecule has 9 aromatic carbocycles. The summed E-state index contributed by atoms with van der Waals surface area (Å²) in [5, 5.41) is 8.94. The Morgan fingerprint density at radius 1 is 0.362 bits per heavy atom. The number of fused-ring (bicyclic) bond motifs is 8. The Labute approximate surface area is 333 Å². The fourth-order valence-corrected chi connectivity index (χ4v) is 8.65. The van der Waals surface area contributed by atoms with Crippen LogP contribution in [0.5, 0.6) is 0 Å². The first kappa shape index (κ1) is 32.4. The quantitative estimate of drug-likeness (QED) is 0.176. The first-order valence-corrected chi connectivity index (χ1v) is 19.5. The van der Waals surface area contributed by atoms with Gasteiger partial charge in [0.05, 0.1) is 16.7 Å². The fourth-order valence-electron chi connectivity index (χ4n) is 8.65. The molecule has 0 aliphatic carbocycles. The fraction of sp³-hybridized carbons (Fsp3) is 0. The summed E-state index contributed by atoms with van der Waals surface area (Å²) in [5.74, 6) is 1.82. The third kappa shape index (κ3) is 5.14. The first-order valence-electron chi connectivity index (χ1n) is 19.5. The van der Waals surface area contributed by atoms with Crippen LogP contribution in [0.4, 0.5) is 0 Å². The lowest BCUT2D eigenvalue weighted by Crippen LogP contribution is -2.00. The summed E-state index contributed by atoms with van der Waals surface area (Å²) in [6.07, 6.45) is 0. The highest BCUT2D eigenvalue weighted by Crippen LogP contribution is 2.42. The van der Waals surface area contributed by atoms with Crippen molar-refractivity contribution < 1.29 is 4.42 Å². The average Bonchev–Trinajstić information content (AvgIpc) is 3.84. The molecule has 0 aliphatic heterocycles. The standard InChI is InChI=1S/C53H32N4O/c1-2-12-33(13-3-1)38-28-29-42-41-18-8-9-21-45(41)57(47(42)32-38)46-22-10-19-43-49-44(20-11-23-48(49)58-50(43)46)53-55-51(39-26-24-34-14-4-6-16-36(34)30-39)54-52(56-53)40-27-25-35-15-5-7-17-37(35)31-40/h1-32H. The molecule has 0 spiro atoms. The summed E-state index contributed by atoms with van der Waals surface area (Å²) in [6.45, 7) is 0. The highest BCUT2D eigenvalue weighted by molar-refractivity contribution is 6.16. The highest BCUT2D eigenvalue weighted by atomic mass is 16.3. The van der Waals surface area contributed by atoms with Gasteiger partial charge in [0.2, 0.25) is 0 Å². The van der Waals surface area contributed by atoms with E-state index < -0.39 is 0 Å². The monoisotopic (exact) mass is 740 g/mol. The van der Waals surface area contributed by atoms with Crippen LogP contribution in [0, 0.1) is 0 Å². The van der Waals surface area contributed by atoms with E-state index >= 15 is 0 Å². The molecule has 12 rings (SSSR count). The largest absolute Gasteiger partial charge is 0.454 e. The maximum absolute atomic E-state index is 6.92. The van der Waals surface area contributed by atoms with Crippen molar-refractivity contribution in [1.82, 2.24) is 19.5 Å². The Kier molecular flexibility index (Phi) is 7.16. The highest BCUT2D eigenvalue weighted by Gasteiger charge is 2.22. The smallest absolute Gasteiger partial charge is 0.164 e. The molecule has 0 saturated heterocycles. The molecule has 12 aromatic rings. The van der Waals surface area contributed by atoms with Crippen LogP contribution in [0.3, 0.4) is 0 Å². The van der Waals surface area contributed by atoms with E-state index in [0.29, 0.717) is 17.5 Å². The number of rotatable bonds is 5. The molecule has 3 heterocycles. The lowest BCUT2D eigenvalue weighted by molar-refractivity contribution is 0.666. The topological polar surface area (TPSA) is 56.7 Å². The van der Waals surface area contributed by atoms with Gasteiger partial charge in [-0.25, -0.2) is 15.0 Å². The molecule has 0 fully saturated rings. The molecule has 0 atom stereocenters. The van der Waals surface area contributed by atoms with Crippen molar-refractivity contribution in [3.8, 4) is 51.0 Å². The van der Waals surface area contributed by atoms with Gasteiger partial charge in [0.1, 0.15) is 5.58 Å². The Bertz CT molecular complexity index is 3480. The van der Waals surface area contributed by atoms with E-state index in [0.717, 1.165) is 71.7 Å². The molecule has 0 saturated carbocycles. The van der Waals surface area contributed by atoms with Crippen LogP contribution in [0.15, 0.2) is 199 Å². The maximum atomic E-state index is 6.92. The molecular weight excluding hydrogens is 709 g/mol. The van der Waals surface area contributed by atoms with Gasteiger partial charge in [-0.2, -0.15) is 0 Å². The number of nitrogens with zero attached hydrogens (tertiary/aromatic N) is 4. The van der Waals surface area contributed by atoms with Crippen molar-refractivity contribution in [3.05, 3.63) is 194 Å². The molecule has 0 aliphatic rings. The number of benzene rings is 9. The Hall–Kier alpha value is -7.89. The SMILES string of the molecule is c1ccc(-c2ccc3c4ccccc4n(-c4cccc5c4oc4cccc(-c6nc(-c7ccc8ccccc8c7)nc(-c7ccc8ccccc8c7)n6)c45)c3c2)cc1. The maximum Gasteiger partial charge on any atom is 0.164 e. The van der Waals surface area contributed by atoms with Crippen LogP contribution in [-0.4, -0.2) is 19.5 Å². The van der Waals surface area contributed by atoms with Gasteiger partial charge < -0.3 is 8.98 Å². The van der Waals surface area contributed by atoms with Gasteiger partial charge in [-0.05, 0) is 69.1 Å². The Morgan fingerprint density at radius 2 is 0.948 bits per heavy atom. The van der Waals surface area contributed by atoms with E-state index in [1.165, 1.54) is 27.1 Å². The summed E-state index contributed by atoms with van der Waals surface area (Å²) in [7, 11) is 0. The zero-order chi connectivity index (χ0) is 38.2. The van der Waals surface area contributed by atoms with E-state index in [-0.39, 0.29) is 0 Å². The molecular formula is C53H32N4O. The van der Waals surface area contributed by atoms with Crippen molar-refractivity contribution in [2.24, 2.45) is 0 Å². The molecule has 0 bridgehead atoms.